The topological polar surface area (TPSA) is 66.0 Å². The van der Waals surface area contributed by atoms with E-state index in [1.807, 2.05) is 23.6 Å². The van der Waals surface area contributed by atoms with Gasteiger partial charge in [-0.05, 0) is 23.6 Å². The molecule has 0 aliphatic heterocycles. The van der Waals surface area contributed by atoms with Gasteiger partial charge in [0.25, 0.3) is 0 Å². The number of aromatic carboxylic acids is 1. The first-order chi connectivity index (χ1) is 8.75. The van der Waals surface area contributed by atoms with E-state index in [0.717, 1.165) is 20.0 Å². The molecule has 0 aliphatic carbocycles. The summed E-state index contributed by atoms with van der Waals surface area (Å²) in [5.41, 5.74) is 0.249. The molecule has 90 valence electrons. The summed E-state index contributed by atoms with van der Waals surface area (Å²) in [6.07, 6.45) is 3.39. The number of hydrogen-bond acceptors (Lipinski definition) is 4. The maximum Gasteiger partial charge on any atom is 0.353 e. The zero-order valence-corrected chi connectivity index (χ0v) is 10.7. The number of carboxylic acids is 1. The molecule has 3 heterocycles. The van der Waals surface area contributed by atoms with Crippen LogP contribution in [0.3, 0.4) is 0 Å². The van der Waals surface area contributed by atoms with Crippen LogP contribution in [0.4, 0.5) is 0 Å². The van der Waals surface area contributed by atoms with Crippen molar-refractivity contribution in [2.75, 3.05) is 0 Å². The van der Waals surface area contributed by atoms with Gasteiger partial charge in [-0.15, -0.1) is 11.3 Å². The number of fused-ring (bicyclic) bond motifs is 1. The summed E-state index contributed by atoms with van der Waals surface area (Å²) in [5, 5.41) is 12.1. The van der Waals surface area contributed by atoms with Gasteiger partial charge in [0.05, 0.1) is 4.90 Å². The fourth-order valence-corrected chi connectivity index (χ4v) is 3.55. The molecule has 0 spiro atoms. The Bertz CT molecular complexity index is 703. The summed E-state index contributed by atoms with van der Waals surface area (Å²) in [5.74, 6) is -0.935. The van der Waals surface area contributed by atoms with Crippen LogP contribution in [0.25, 0.3) is 10.2 Å². The second-order valence-corrected chi connectivity index (χ2v) is 5.58. The van der Waals surface area contributed by atoms with Gasteiger partial charge in [-0.1, -0.05) is 11.8 Å². The molecule has 0 atom stereocenters. The normalized spacial score (nSPS) is 10.9. The minimum Gasteiger partial charge on any atom is -0.477 e. The number of hydrogen-bond donors (Lipinski definition) is 2. The minimum atomic E-state index is -0.935. The Morgan fingerprint density at radius 3 is 2.83 bits per heavy atom. The molecule has 3 aromatic heterocycles. The molecule has 0 unspecified atom stereocenters. The largest absolute Gasteiger partial charge is 0.477 e. The summed E-state index contributed by atoms with van der Waals surface area (Å²) >= 11 is 2.94. The Morgan fingerprint density at radius 2 is 2.11 bits per heavy atom. The number of aromatic nitrogens is 2. The van der Waals surface area contributed by atoms with Gasteiger partial charge in [-0.2, -0.15) is 0 Å². The fourth-order valence-electron chi connectivity index (χ4n) is 1.67. The lowest BCUT2D eigenvalue weighted by Crippen LogP contribution is -1.97. The third-order valence-electron chi connectivity index (χ3n) is 2.46. The van der Waals surface area contributed by atoms with Crippen LogP contribution in [-0.2, 0) is 0 Å². The van der Waals surface area contributed by atoms with Crippen LogP contribution >= 0.6 is 23.1 Å². The smallest absolute Gasteiger partial charge is 0.353 e. The standard InChI is InChI=1S/C12H8N2O2S2/c15-12(16)9-10(8-3-6-17-11(8)14-9)18-7-1-4-13-5-2-7/h1-6,14H,(H,15,16). The first-order valence-electron chi connectivity index (χ1n) is 5.16. The molecule has 0 amide bonds. The van der Waals surface area contributed by atoms with E-state index in [-0.39, 0.29) is 5.69 Å². The van der Waals surface area contributed by atoms with Crippen LogP contribution < -0.4 is 0 Å². The predicted molar refractivity (Wildman–Crippen MR) is 71.5 cm³/mol. The first kappa shape index (κ1) is 11.3. The Kier molecular flexibility index (Phi) is 2.81. The van der Waals surface area contributed by atoms with Crippen molar-refractivity contribution in [3.05, 3.63) is 41.7 Å². The average molecular weight is 276 g/mol. The van der Waals surface area contributed by atoms with Gasteiger partial charge in [-0.25, -0.2) is 4.79 Å². The number of nitrogens with zero attached hydrogens (tertiary/aromatic N) is 1. The molecule has 0 aliphatic rings. The van der Waals surface area contributed by atoms with Gasteiger partial charge in [0.1, 0.15) is 10.5 Å². The summed E-state index contributed by atoms with van der Waals surface area (Å²) in [7, 11) is 0. The number of rotatable bonds is 3. The highest BCUT2D eigenvalue weighted by atomic mass is 32.2. The Hall–Kier alpha value is -1.79. The summed E-state index contributed by atoms with van der Waals surface area (Å²) in [6.45, 7) is 0. The zero-order chi connectivity index (χ0) is 12.5. The van der Waals surface area contributed by atoms with E-state index in [0.29, 0.717) is 0 Å². The van der Waals surface area contributed by atoms with E-state index < -0.39 is 5.97 Å². The van der Waals surface area contributed by atoms with Crippen LogP contribution in [0.15, 0.2) is 45.8 Å². The molecule has 0 saturated carbocycles. The molecule has 0 aromatic carbocycles. The van der Waals surface area contributed by atoms with Gasteiger partial charge in [0.2, 0.25) is 0 Å². The Morgan fingerprint density at radius 1 is 1.33 bits per heavy atom. The second-order valence-electron chi connectivity index (χ2n) is 3.58. The van der Waals surface area contributed by atoms with Crippen molar-refractivity contribution < 1.29 is 9.90 Å². The second kappa shape index (κ2) is 4.47. The zero-order valence-electron chi connectivity index (χ0n) is 9.08. The van der Waals surface area contributed by atoms with Crippen molar-refractivity contribution >= 4 is 39.3 Å². The van der Waals surface area contributed by atoms with Gasteiger partial charge >= 0.3 is 5.97 Å². The SMILES string of the molecule is O=C(O)c1[nH]c2sccc2c1Sc1ccncc1. The van der Waals surface area contributed by atoms with Gasteiger partial charge in [0, 0.05) is 22.7 Å². The lowest BCUT2D eigenvalue weighted by molar-refractivity contribution is 0.0688. The molecule has 0 bridgehead atoms. The lowest BCUT2D eigenvalue weighted by Gasteiger charge is -2.00. The van der Waals surface area contributed by atoms with E-state index >= 15 is 0 Å². The van der Waals surface area contributed by atoms with Crippen LogP contribution in [0.5, 0.6) is 0 Å². The molecule has 0 fully saturated rings. The van der Waals surface area contributed by atoms with Crippen LogP contribution in [-0.4, -0.2) is 21.0 Å². The van der Waals surface area contributed by atoms with Crippen molar-refractivity contribution in [2.45, 2.75) is 9.79 Å². The highest BCUT2D eigenvalue weighted by Crippen LogP contribution is 2.38. The number of carbonyl (C=O) groups is 1. The molecule has 18 heavy (non-hydrogen) atoms. The molecule has 0 radical (unpaired) electrons. The summed E-state index contributed by atoms with van der Waals surface area (Å²) in [4.78, 5) is 20.7. The quantitative estimate of drug-likeness (QED) is 0.768. The monoisotopic (exact) mass is 276 g/mol. The number of nitrogens with one attached hydrogen (secondary N) is 1. The van der Waals surface area contributed by atoms with Gasteiger partial charge in [-0.3, -0.25) is 4.98 Å². The average Bonchev–Trinajstić information content (AvgIpc) is 2.93. The fraction of sp³-hybridized carbons (Fsp3) is 0. The third kappa shape index (κ3) is 1.89. The van der Waals surface area contributed by atoms with Crippen LogP contribution in [0, 0.1) is 0 Å². The highest BCUT2D eigenvalue weighted by molar-refractivity contribution is 7.99. The van der Waals surface area contributed by atoms with Gasteiger partial charge < -0.3 is 10.1 Å². The van der Waals surface area contributed by atoms with Crippen molar-refractivity contribution in [3.8, 4) is 0 Å². The van der Waals surface area contributed by atoms with Crippen molar-refractivity contribution in [1.82, 2.24) is 9.97 Å². The minimum absolute atomic E-state index is 0.249. The maximum absolute atomic E-state index is 11.2. The van der Waals surface area contributed by atoms with Gasteiger partial charge in [0.15, 0.2) is 0 Å². The van der Waals surface area contributed by atoms with E-state index in [1.54, 1.807) is 12.4 Å². The molecule has 4 nitrogen and oxygen atoms in total. The Balaban J connectivity index is 2.11. The van der Waals surface area contributed by atoms with Crippen LogP contribution in [0.1, 0.15) is 10.5 Å². The molecular weight excluding hydrogens is 268 g/mol. The number of carboxylic acid groups (broad SMARTS) is 1. The van der Waals surface area contributed by atoms with E-state index in [9.17, 15) is 9.90 Å². The van der Waals surface area contributed by atoms with E-state index in [1.165, 1.54) is 23.1 Å². The number of pyridine rings is 1. The molecule has 2 N–H and O–H groups in total. The maximum atomic E-state index is 11.2. The van der Waals surface area contributed by atoms with Crippen molar-refractivity contribution in [2.24, 2.45) is 0 Å². The Labute approximate surface area is 111 Å². The molecule has 6 heteroatoms. The van der Waals surface area contributed by atoms with Crippen LogP contribution in [0.2, 0.25) is 0 Å². The van der Waals surface area contributed by atoms with Crippen molar-refractivity contribution in [1.29, 1.82) is 0 Å². The first-order valence-corrected chi connectivity index (χ1v) is 6.85. The third-order valence-corrected chi connectivity index (χ3v) is 4.42. The van der Waals surface area contributed by atoms with Crippen molar-refractivity contribution in [3.63, 3.8) is 0 Å². The van der Waals surface area contributed by atoms with E-state index in [4.69, 9.17) is 0 Å². The molecular formula is C12H8N2O2S2. The number of thiophene rings is 1. The molecule has 0 saturated heterocycles. The highest BCUT2D eigenvalue weighted by Gasteiger charge is 2.18. The summed E-state index contributed by atoms with van der Waals surface area (Å²) in [6, 6.07) is 5.66. The number of H-pyrrole nitrogens is 1. The predicted octanol–water partition coefficient (Wildman–Crippen LogP) is 3.47. The van der Waals surface area contributed by atoms with E-state index in [2.05, 4.69) is 9.97 Å². The number of aromatic amines is 1. The molecule has 3 rings (SSSR count). The lowest BCUT2D eigenvalue weighted by atomic mass is 10.3. The summed E-state index contributed by atoms with van der Waals surface area (Å²) < 4.78 is 0. The molecule has 3 aromatic rings.